The quantitative estimate of drug-likeness (QED) is 0.705. The molecule has 140 valence electrons. The third-order valence-corrected chi connectivity index (χ3v) is 6.05. The summed E-state index contributed by atoms with van der Waals surface area (Å²) in [6, 6.07) is 12.2. The van der Waals surface area contributed by atoms with Gasteiger partial charge in [-0.05, 0) is 67.3 Å². The van der Waals surface area contributed by atoms with E-state index in [1.165, 1.54) is 29.8 Å². The Bertz CT molecular complexity index is 672. The number of hydrogen-bond donors (Lipinski definition) is 1. The van der Waals surface area contributed by atoms with Crippen LogP contribution in [0.5, 0.6) is 0 Å². The third-order valence-electron chi connectivity index (χ3n) is 4.93. The van der Waals surface area contributed by atoms with Gasteiger partial charge >= 0.3 is 0 Å². The summed E-state index contributed by atoms with van der Waals surface area (Å²) in [4.78, 5) is 16.1. The summed E-state index contributed by atoms with van der Waals surface area (Å²) in [5, 5.41) is 6.04. The van der Waals surface area contributed by atoms with Crippen molar-refractivity contribution in [2.75, 3.05) is 19.6 Å². The molecule has 1 atom stereocenters. The number of amides is 1. The highest BCUT2D eigenvalue weighted by atomic mass is 35.5. The molecule has 3 rings (SSSR count). The van der Waals surface area contributed by atoms with E-state index in [0.717, 1.165) is 37.5 Å². The van der Waals surface area contributed by atoms with Gasteiger partial charge in [-0.3, -0.25) is 9.69 Å². The van der Waals surface area contributed by atoms with Crippen LogP contribution in [0.15, 0.2) is 41.8 Å². The number of carbonyl (C=O) groups is 1. The first-order chi connectivity index (χ1) is 12.7. The fourth-order valence-electron chi connectivity index (χ4n) is 3.54. The number of aryl methyl sites for hydroxylation is 1. The van der Waals surface area contributed by atoms with Crippen molar-refractivity contribution in [2.24, 2.45) is 5.92 Å². The maximum Gasteiger partial charge on any atom is 0.220 e. The van der Waals surface area contributed by atoms with Gasteiger partial charge in [0, 0.05) is 36.0 Å². The Morgan fingerprint density at radius 2 is 2.12 bits per heavy atom. The van der Waals surface area contributed by atoms with Crippen molar-refractivity contribution in [2.45, 2.75) is 38.6 Å². The number of nitrogens with one attached hydrogen (secondary N) is 1. The molecule has 0 aliphatic carbocycles. The Morgan fingerprint density at radius 3 is 2.88 bits per heavy atom. The lowest BCUT2D eigenvalue weighted by molar-refractivity contribution is -0.121. The Labute approximate surface area is 165 Å². The van der Waals surface area contributed by atoms with E-state index in [0.29, 0.717) is 12.3 Å². The Kier molecular flexibility index (Phi) is 7.54. The van der Waals surface area contributed by atoms with Crippen molar-refractivity contribution in [3.05, 3.63) is 57.2 Å². The van der Waals surface area contributed by atoms with Gasteiger partial charge in [0.25, 0.3) is 0 Å². The van der Waals surface area contributed by atoms with Crippen molar-refractivity contribution in [3.8, 4) is 0 Å². The van der Waals surface area contributed by atoms with Crippen LogP contribution < -0.4 is 5.32 Å². The largest absolute Gasteiger partial charge is 0.356 e. The molecule has 1 unspecified atom stereocenters. The van der Waals surface area contributed by atoms with Crippen molar-refractivity contribution in [1.82, 2.24) is 10.2 Å². The summed E-state index contributed by atoms with van der Waals surface area (Å²) in [5.74, 6) is 0.748. The molecule has 1 fully saturated rings. The molecule has 3 nitrogen and oxygen atoms in total. The minimum Gasteiger partial charge on any atom is -0.356 e. The molecule has 5 heteroatoms. The Balaban J connectivity index is 1.32. The molecule has 1 aromatic heterocycles. The molecule has 26 heavy (non-hydrogen) atoms. The molecule has 1 aliphatic rings. The van der Waals surface area contributed by atoms with Crippen LogP contribution in [-0.4, -0.2) is 30.4 Å². The van der Waals surface area contributed by atoms with Crippen molar-refractivity contribution in [1.29, 1.82) is 0 Å². The van der Waals surface area contributed by atoms with Gasteiger partial charge in [-0.15, -0.1) is 11.3 Å². The van der Waals surface area contributed by atoms with Crippen molar-refractivity contribution < 1.29 is 4.79 Å². The zero-order valence-electron chi connectivity index (χ0n) is 15.1. The lowest BCUT2D eigenvalue weighted by Gasteiger charge is -2.32. The maximum absolute atomic E-state index is 12.1. The molecule has 2 aromatic rings. The number of benzene rings is 1. The minimum absolute atomic E-state index is 0.175. The molecular weight excluding hydrogens is 364 g/mol. The van der Waals surface area contributed by atoms with Gasteiger partial charge in [0.05, 0.1) is 0 Å². The number of likely N-dealkylation sites (tertiary alicyclic amines) is 1. The van der Waals surface area contributed by atoms with Crippen LogP contribution >= 0.6 is 22.9 Å². The monoisotopic (exact) mass is 390 g/mol. The summed E-state index contributed by atoms with van der Waals surface area (Å²) in [6.07, 6.45) is 4.83. The fraction of sp³-hybridized carbons (Fsp3) is 0.476. The molecule has 1 aliphatic heterocycles. The molecule has 0 radical (unpaired) electrons. The lowest BCUT2D eigenvalue weighted by atomic mass is 9.98. The second kappa shape index (κ2) is 10.1. The van der Waals surface area contributed by atoms with E-state index < -0.39 is 0 Å². The summed E-state index contributed by atoms with van der Waals surface area (Å²) in [5.41, 5.74) is 1.23. The van der Waals surface area contributed by atoms with Crippen molar-refractivity contribution in [3.63, 3.8) is 0 Å². The van der Waals surface area contributed by atoms with Crippen LogP contribution in [0.25, 0.3) is 0 Å². The topological polar surface area (TPSA) is 32.3 Å². The summed E-state index contributed by atoms with van der Waals surface area (Å²) in [7, 11) is 0. The number of rotatable bonds is 8. The molecule has 0 bridgehead atoms. The van der Waals surface area contributed by atoms with Gasteiger partial charge in [-0.25, -0.2) is 0 Å². The highest BCUT2D eigenvalue weighted by Gasteiger charge is 2.20. The first-order valence-electron chi connectivity index (χ1n) is 9.45. The highest BCUT2D eigenvalue weighted by molar-refractivity contribution is 7.09. The molecule has 0 saturated carbocycles. The number of halogens is 1. The zero-order chi connectivity index (χ0) is 18.2. The maximum atomic E-state index is 12.1. The third kappa shape index (κ3) is 6.42. The number of thiophene rings is 1. The van der Waals surface area contributed by atoms with Gasteiger partial charge < -0.3 is 5.32 Å². The zero-order valence-corrected chi connectivity index (χ0v) is 16.7. The average Bonchev–Trinajstić information content (AvgIpc) is 3.15. The molecule has 0 spiro atoms. The first-order valence-corrected chi connectivity index (χ1v) is 10.7. The standard InChI is InChI=1S/C21H27ClN2OS/c22-19-10-8-17(9-11-19)4-1-7-21(25)23-14-18-5-2-12-24(15-18)16-20-6-3-13-26-20/h3,6,8-11,13,18H,1-2,4-5,7,12,14-16H2,(H,23,25). The molecule has 2 heterocycles. The average molecular weight is 391 g/mol. The highest BCUT2D eigenvalue weighted by Crippen LogP contribution is 2.20. The second-order valence-corrected chi connectivity index (χ2v) is 8.58. The van der Waals surface area contributed by atoms with E-state index in [1.54, 1.807) is 0 Å². The summed E-state index contributed by atoms with van der Waals surface area (Å²) in [6.45, 7) is 4.11. The Hall–Kier alpha value is -1.36. The van der Waals surface area contributed by atoms with Gasteiger partial charge in [0.2, 0.25) is 5.91 Å². The predicted molar refractivity (Wildman–Crippen MR) is 110 cm³/mol. The molecule has 1 N–H and O–H groups in total. The van der Waals surface area contributed by atoms with Crippen LogP contribution in [0, 0.1) is 5.92 Å². The van der Waals surface area contributed by atoms with E-state index in [4.69, 9.17) is 11.6 Å². The first kappa shape index (κ1) is 19.4. The van der Waals surface area contributed by atoms with Crippen LogP contribution in [-0.2, 0) is 17.8 Å². The van der Waals surface area contributed by atoms with Crippen LogP contribution in [0.1, 0.15) is 36.1 Å². The van der Waals surface area contributed by atoms with Gasteiger partial charge in [-0.2, -0.15) is 0 Å². The normalized spacial score (nSPS) is 18.0. The fourth-order valence-corrected chi connectivity index (χ4v) is 4.41. The predicted octanol–water partition coefficient (Wildman–Crippen LogP) is 4.75. The van der Waals surface area contributed by atoms with E-state index in [1.807, 2.05) is 35.6 Å². The van der Waals surface area contributed by atoms with Crippen LogP contribution in [0.4, 0.5) is 0 Å². The molecule has 1 aromatic carbocycles. The number of hydrogen-bond acceptors (Lipinski definition) is 3. The van der Waals surface area contributed by atoms with E-state index in [-0.39, 0.29) is 5.91 Å². The van der Waals surface area contributed by atoms with Crippen LogP contribution in [0.2, 0.25) is 5.02 Å². The second-order valence-electron chi connectivity index (χ2n) is 7.11. The smallest absolute Gasteiger partial charge is 0.220 e. The molecule has 1 amide bonds. The van der Waals surface area contributed by atoms with E-state index in [2.05, 4.69) is 27.7 Å². The number of carbonyl (C=O) groups excluding carboxylic acids is 1. The van der Waals surface area contributed by atoms with Gasteiger partial charge in [0.1, 0.15) is 0 Å². The summed E-state index contributed by atoms with van der Waals surface area (Å²) < 4.78 is 0. The van der Waals surface area contributed by atoms with E-state index in [9.17, 15) is 4.79 Å². The van der Waals surface area contributed by atoms with Crippen molar-refractivity contribution >= 4 is 28.8 Å². The summed E-state index contributed by atoms with van der Waals surface area (Å²) >= 11 is 7.72. The van der Waals surface area contributed by atoms with Crippen LogP contribution in [0.3, 0.4) is 0 Å². The lowest BCUT2D eigenvalue weighted by Crippen LogP contribution is -2.40. The molecular formula is C21H27ClN2OS. The minimum atomic E-state index is 0.175. The van der Waals surface area contributed by atoms with Gasteiger partial charge in [-0.1, -0.05) is 29.8 Å². The molecule has 1 saturated heterocycles. The van der Waals surface area contributed by atoms with E-state index >= 15 is 0 Å². The Morgan fingerprint density at radius 1 is 1.27 bits per heavy atom. The number of nitrogens with zero attached hydrogens (tertiary/aromatic N) is 1. The van der Waals surface area contributed by atoms with Gasteiger partial charge in [0.15, 0.2) is 0 Å². The SMILES string of the molecule is O=C(CCCc1ccc(Cl)cc1)NCC1CCCN(Cc2cccs2)C1. The number of piperidine rings is 1.